The molecule has 0 bridgehead atoms. The molecule has 2 rings (SSSR count). The molecule has 0 radical (unpaired) electrons. The number of aromatic amines is 1. The Hall–Kier alpha value is -2.10. The molecule has 0 aliphatic heterocycles. The molecule has 1 aromatic heterocycles. The first-order chi connectivity index (χ1) is 9.54. The smallest absolute Gasteiger partial charge is 0.252 e. The Kier molecular flexibility index (Phi) is 4.23. The molecule has 2 aromatic rings. The molecule has 4 nitrogen and oxygen atoms in total. The number of hydrogen-bond acceptors (Lipinski definition) is 2. The Labute approximate surface area is 118 Å². The SMILES string of the molecule is CC[C@H](C)[C@H](NC(=O)c1cccc2[nH]ccc12)C(C)=O. The highest BCUT2D eigenvalue weighted by Crippen LogP contribution is 2.18. The van der Waals surface area contributed by atoms with Gasteiger partial charge in [0.1, 0.15) is 0 Å². The second-order valence-electron chi connectivity index (χ2n) is 5.19. The Morgan fingerprint density at radius 2 is 2.05 bits per heavy atom. The van der Waals surface area contributed by atoms with Gasteiger partial charge in [0.05, 0.1) is 6.04 Å². The van der Waals surface area contributed by atoms with E-state index in [9.17, 15) is 9.59 Å². The average molecular weight is 272 g/mol. The molecule has 1 aromatic carbocycles. The van der Waals surface area contributed by atoms with Gasteiger partial charge < -0.3 is 10.3 Å². The third kappa shape index (κ3) is 2.74. The summed E-state index contributed by atoms with van der Waals surface area (Å²) in [5.41, 5.74) is 1.51. The van der Waals surface area contributed by atoms with E-state index in [2.05, 4.69) is 10.3 Å². The van der Waals surface area contributed by atoms with E-state index in [4.69, 9.17) is 0 Å². The number of H-pyrrole nitrogens is 1. The van der Waals surface area contributed by atoms with Crippen molar-refractivity contribution in [3.63, 3.8) is 0 Å². The summed E-state index contributed by atoms with van der Waals surface area (Å²) < 4.78 is 0. The van der Waals surface area contributed by atoms with E-state index >= 15 is 0 Å². The molecule has 106 valence electrons. The van der Waals surface area contributed by atoms with Crippen molar-refractivity contribution in [2.75, 3.05) is 0 Å². The topological polar surface area (TPSA) is 62.0 Å². The number of aromatic nitrogens is 1. The van der Waals surface area contributed by atoms with Gasteiger partial charge in [-0.2, -0.15) is 0 Å². The van der Waals surface area contributed by atoms with Crippen molar-refractivity contribution in [2.24, 2.45) is 5.92 Å². The van der Waals surface area contributed by atoms with Gasteiger partial charge in [0.15, 0.2) is 5.78 Å². The van der Waals surface area contributed by atoms with Crippen LogP contribution in [-0.4, -0.2) is 22.7 Å². The molecule has 1 amide bonds. The fourth-order valence-corrected chi connectivity index (χ4v) is 2.38. The summed E-state index contributed by atoms with van der Waals surface area (Å²) in [6, 6.07) is 6.97. The van der Waals surface area contributed by atoms with Crippen molar-refractivity contribution in [3.05, 3.63) is 36.0 Å². The Bertz CT molecular complexity index is 630. The van der Waals surface area contributed by atoms with Gasteiger partial charge in [-0.1, -0.05) is 26.3 Å². The number of rotatable bonds is 5. The molecule has 0 aliphatic rings. The van der Waals surface area contributed by atoms with Crippen molar-refractivity contribution >= 4 is 22.6 Å². The molecule has 4 heteroatoms. The third-order valence-corrected chi connectivity index (χ3v) is 3.78. The zero-order valence-electron chi connectivity index (χ0n) is 12.1. The number of fused-ring (bicyclic) bond motifs is 1. The number of nitrogens with one attached hydrogen (secondary N) is 2. The van der Waals surface area contributed by atoms with Crippen LogP contribution in [0.25, 0.3) is 10.9 Å². The van der Waals surface area contributed by atoms with Crippen LogP contribution >= 0.6 is 0 Å². The summed E-state index contributed by atoms with van der Waals surface area (Å²) in [4.78, 5) is 27.2. The lowest BCUT2D eigenvalue weighted by molar-refractivity contribution is -0.119. The lowest BCUT2D eigenvalue weighted by Gasteiger charge is -2.21. The number of carbonyl (C=O) groups is 2. The van der Waals surface area contributed by atoms with Crippen LogP contribution in [0.1, 0.15) is 37.6 Å². The minimum Gasteiger partial charge on any atom is -0.361 e. The average Bonchev–Trinajstić information content (AvgIpc) is 2.91. The standard InChI is InChI=1S/C16H20N2O2/c1-4-10(2)15(11(3)19)18-16(20)13-6-5-7-14-12(13)8-9-17-14/h5-10,15,17H,4H2,1-3H3,(H,18,20)/t10-,15-/m0/s1. The highest BCUT2D eigenvalue weighted by atomic mass is 16.2. The van der Waals surface area contributed by atoms with Crippen molar-refractivity contribution in [1.82, 2.24) is 10.3 Å². The molecule has 2 N–H and O–H groups in total. The van der Waals surface area contributed by atoms with Crippen molar-refractivity contribution < 1.29 is 9.59 Å². The number of benzene rings is 1. The second-order valence-corrected chi connectivity index (χ2v) is 5.19. The van der Waals surface area contributed by atoms with Crippen LogP contribution in [0, 0.1) is 5.92 Å². The predicted octanol–water partition coefficient (Wildman–Crippen LogP) is 2.90. The van der Waals surface area contributed by atoms with Crippen LogP contribution in [0.5, 0.6) is 0 Å². The molecule has 0 aliphatic carbocycles. The number of Topliss-reactive ketones (excluding diaryl/α,β-unsaturated/α-hetero) is 1. The van der Waals surface area contributed by atoms with Gasteiger partial charge in [-0.15, -0.1) is 0 Å². The number of ketones is 1. The largest absolute Gasteiger partial charge is 0.361 e. The molecule has 0 saturated heterocycles. The zero-order chi connectivity index (χ0) is 14.7. The molecular weight excluding hydrogens is 252 g/mol. The van der Waals surface area contributed by atoms with Crippen LogP contribution < -0.4 is 5.32 Å². The number of carbonyl (C=O) groups excluding carboxylic acids is 2. The molecule has 0 spiro atoms. The lowest BCUT2D eigenvalue weighted by Crippen LogP contribution is -2.44. The zero-order valence-corrected chi connectivity index (χ0v) is 12.1. The quantitative estimate of drug-likeness (QED) is 0.879. The molecule has 0 unspecified atom stereocenters. The second kappa shape index (κ2) is 5.90. The van der Waals surface area contributed by atoms with Gasteiger partial charge in [0, 0.05) is 22.7 Å². The van der Waals surface area contributed by atoms with Crippen molar-refractivity contribution in [1.29, 1.82) is 0 Å². The summed E-state index contributed by atoms with van der Waals surface area (Å²) in [5, 5.41) is 3.73. The van der Waals surface area contributed by atoms with E-state index in [1.807, 2.05) is 32.0 Å². The highest BCUT2D eigenvalue weighted by Gasteiger charge is 2.23. The fourth-order valence-electron chi connectivity index (χ4n) is 2.38. The predicted molar refractivity (Wildman–Crippen MR) is 79.7 cm³/mol. The molecule has 0 saturated carbocycles. The summed E-state index contributed by atoms with van der Waals surface area (Å²) in [6.07, 6.45) is 2.65. The monoisotopic (exact) mass is 272 g/mol. The lowest BCUT2D eigenvalue weighted by atomic mass is 9.95. The Morgan fingerprint density at radius 3 is 2.70 bits per heavy atom. The molecular formula is C16H20N2O2. The fraction of sp³-hybridized carbons (Fsp3) is 0.375. The van der Waals surface area contributed by atoms with Gasteiger partial charge in [0.25, 0.3) is 5.91 Å². The summed E-state index contributed by atoms with van der Waals surface area (Å²) in [7, 11) is 0. The van der Waals surface area contributed by atoms with Crippen molar-refractivity contribution in [2.45, 2.75) is 33.2 Å². The molecule has 0 fully saturated rings. The number of hydrogen-bond donors (Lipinski definition) is 2. The highest BCUT2D eigenvalue weighted by molar-refractivity contribution is 6.07. The Morgan fingerprint density at radius 1 is 1.30 bits per heavy atom. The van der Waals surface area contributed by atoms with E-state index in [-0.39, 0.29) is 17.6 Å². The Balaban J connectivity index is 2.27. The van der Waals surface area contributed by atoms with E-state index in [1.165, 1.54) is 6.92 Å². The minimum absolute atomic E-state index is 0.00561. The third-order valence-electron chi connectivity index (χ3n) is 3.78. The normalized spacial score (nSPS) is 13.9. The van der Waals surface area contributed by atoms with Gasteiger partial charge in [-0.3, -0.25) is 9.59 Å². The van der Waals surface area contributed by atoms with E-state index < -0.39 is 6.04 Å². The molecule has 2 atom stereocenters. The number of amides is 1. The maximum atomic E-state index is 12.4. The maximum absolute atomic E-state index is 12.4. The van der Waals surface area contributed by atoms with E-state index in [0.717, 1.165) is 17.3 Å². The van der Waals surface area contributed by atoms with Crippen LogP contribution in [0.3, 0.4) is 0 Å². The van der Waals surface area contributed by atoms with Crippen LogP contribution in [0.15, 0.2) is 30.5 Å². The van der Waals surface area contributed by atoms with Gasteiger partial charge in [-0.25, -0.2) is 0 Å². The maximum Gasteiger partial charge on any atom is 0.252 e. The van der Waals surface area contributed by atoms with Gasteiger partial charge in [0.2, 0.25) is 0 Å². The van der Waals surface area contributed by atoms with Gasteiger partial charge in [-0.05, 0) is 31.0 Å². The first-order valence-corrected chi connectivity index (χ1v) is 6.92. The van der Waals surface area contributed by atoms with Gasteiger partial charge >= 0.3 is 0 Å². The van der Waals surface area contributed by atoms with E-state index in [0.29, 0.717) is 5.56 Å². The van der Waals surface area contributed by atoms with Crippen LogP contribution in [0.2, 0.25) is 0 Å². The van der Waals surface area contributed by atoms with Crippen LogP contribution in [-0.2, 0) is 4.79 Å². The first-order valence-electron chi connectivity index (χ1n) is 6.92. The minimum atomic E-state index is -0.429. The van der Waals surface area contributed by atoms with E-state index in [1.54, 1.807) is 12.3 Å². The summed E-state index contributed by atoms with van der Waals surface area (Å²) >= 11 is 0. The van der Waals surface area contributed by atoms with Crippen LogP contribution in [0.4, 0.5) is 0 Å². The summed E-state index contributed by atoms with van der Waals surface area (Å²) in [5.74, 6) is -0.0773. The summed E-state index contributed by atoms with van der Waals surface area (Å²) in [6.45, 7) is 5.51. The van der Waals surface area contributed by atoms with Crippen molar-refractivity contribution in [3.8, 4) is 0 Å². The molecule has 1 heterocycles. The first kappa shape index (κ1) is 14.3. The molecule has 20 heavy (non-hydrogen) atoms.